The maximum atomic E-state index is 5.66. The quantitative estimate of drug-likeness (QED) is 0.717. The van der Waals surface area contributed by atoms with Gasteiger partial charge in [0.1, 0.15) is 10.3 Å². The molecule has 0 radical (unpaired) electrons. The van der Waals surface area contributed by atoms with Gasteiger partial charge in [-0.2, -0.15) is 0 Å². The Morgan fingerprint density at radius 1 is 1.33 bits per heavy atom. The smallest absolute Gasteiger partial charge is 0.131 e. The van der Waals surface area contributed by atoms with Gasteiger partial charge in [0.25, 0.3) is 0 Å². The van der Waals surface area contributed by atoms with Crippen LogP contribution < -0.4 is 11.5 Å². The molecule has 0 aromatic carbocycles. The largest absolute Gasteiger partial charge is 0.329 e. The highest BCUT2D eigenvalue weighted by molar-refractivity contribution is 6.32. The van der Waals surface area contributed by atoms with Gasteiger partial charge in [-0.25, -0.2) is 4.98 Å². The fraction of sp³-hybridized carbons (Fsp3) is 0.286. The summed E-state index contributed by atoms with van der Waals surface area (Å²) in [5, 5.41) is 0.669. The first kappa shape index (κ1) is 9.74. The Balaban J connectivity index is 3.00. The first-order chi connectivity index (χ1) is 5.63. The molecule has 4 N–H and O–H groups in total. The van der Waals surface area contributed by atoms with E-state index in [2.05, 4.69) is 4.98 Å². The number of aromatic nitrogens is 1. The maximum Gasteiger partial charge on any atom is 0.131 e. The molecule has 0 aliphatic carbocycles. The minimum atomic E-state index is -0.233. The lowest BCUT2D eigenvalue weighted by Gasteiger charge is -2.08. The van der Waals surface area contributed by atoms with Gasteiger partial charge in [-0.15, -0.1) is 0 Å². The summed E-state index contributed by atoms with van der Waals surface area (Å²) in [5.74, 6) is 0. The fourth-order valence-corrected chi connectivity index (χ4v) is 1.31. The number of halogens is 2. The van der Waals surface area contributed by atoms with E-state index < -0.39 is 0 Å². The average Bonchev–Trinajstić information content (AvgIpc) is 2.01. The lowest BCUT2D eigenvalue weighted by atomic mass is 10.1. The molecule has 1 aromatic rings. The lowest BCUT2D eigenvalue weighted by Crippen LogP contribution is -2.20. The van der Waals surface area contributed by atoms with Crippen molar-refractivity contribution in [2.24, 2.45) is 11.5 Å². The summed E-state index contributed by atoms with van der Waals surface area (Å²) in [5.41, 5.74) is 11.8. The van der Waals surface area contributed by atoms with E-state index in [0.29, 0.717) is 16.9 Å². The highest BCUT2D eigenvalue weighted by Crippen LogP contribution is 2.18. The molecule has 0 saturated heterocycles. The summed E-state index contributed by atoms with van der Waals surface area (Å²) >= 11 is 11.3. The van der Waals surface area contributed by atoms with E-state index in [-0.39, 0.29) is 6.04 Å². The van der Waals surface area contributed by atoms with Crippen molar-refractivity contribution < 1.29 is 0 Å². The lowest BCUT2D eigenvalue weighted by molar-refractivity contribution is 0.735. The van der Waals surface area contributed by atoms with Crippen LogP contribution in [-0.2, 0) is 0 Å². The van der Waals surface area contributed by atoms with Gasteiger partial charge in [0.15, 0.2) is 0 Å². The third-order valence-corrected chi connectivity index (χ3v) is 1.85. The molecule has 0 spiro atoms. The molecule has 12 heavy (non-hydrogen) atoms. The van der Waals surface area contributed by atoms with Crippen LogP contribution in [0.3, 0.4) is 0 Å². The van der Waals surface area contributed by atoms with Crippen molar-refractivity contribution in [2.75, 3.05) is 6.54 Å². The van der Waals surface area contributed by atoms with Crippen molar-refractivity contribution in [2.45, 2.75) is 6.04 Å². The molecule has 0 aliphatic heterocycles. The van der Waals surface area contributed by atoms with Gasteiger partial charge in [-0.1, -0.05) is 23.2 Å². The molecule has 0 amide bonds. The van der Waals surface area contributed by atoms with Crippen LogP contribution in [0.15, 0.2) is 12.1 Å². The summed E-state index contributed by atoms with van der Waals surface area (Å²) in [4.78, 5) is 3.79. The Hall–Kier alpha value is -0.350. The Labute approximate surface area is 80.7 Å². The summed E-state index contributed by atoms with van der Waals surface area (Å²) in [6.07, 6.45) is 0. The zero-order chi connectivity index (χ0) is 9.14. The monoisotopic (exact) mass is 205 g/mol. The molecule has 1 aromatic heterocycles. The first-order valence-electron chi connectivity index (χ1n) is 3.42. The van der Waals surface area contributed by atoms with Crippen LogP contribution in [0.4, 0.5) is 0 Å². The van der Waals surface area contributed by atoms with E-state index in [1.165, 1.54) is 0 Å². The second-order valence-electron chi connectivity index (χ2n) is 2.39. The van der Waals surface area contributed by atoms with Crippen molar-refractivity contribution in [3.8, 4) is 0 Å². The van der Waals surface area contributed by atoms with Crippen molar-refractivity contribution in [3.05, 3.63) is 28.0 Å². The minimum absolute atomic E-state index is 0.233. The number of pyridine rings is 1. The van der Waals surface area contributed by atoms with Crippen LogP contribution >= 0.6 is 23.2 Å². The molecular formula is C7H9Cl2N3. The summed E-state index contributed by atoms with van der Waals surface area (Å²) < 4.78 is 0. The number of hydrogen-bond donors (Lipinski definition) is 2. The van der Waals surface area contributed by atoms with Gasteiger partial charge < -0.3 is 11.5 Å². The molecule has 3 nitrogen and oxygen atoms in total. The molecule has 1 heterocycles. The summed E-state index contributed by atoms with van der Waals surface area (Å²) in [6, 6.07) is 3.08. The molecule has 0 bridgehead atoms. The normalized spacial score (nSPS) is 13.0. The molecule has 5 heteroatoms. The molecule has 1 rings (SSSR count). The Morgan fingerprint density at radius 2 is 1.83 bits per heavy atom. The second kappa shape index (κ2) is 4.05. The number of rotatable bonds is 2. The van der Waals surface area contributed by atoms with Gasteiger partial charge in [-0.3, -0.25) is 0 Å². The first-order valence-corrected chi connectivity index (χ1v) is 4.17. The highest BCUT2D eigenvalue weighted by Gasteiger charge is 2.05. The number of nitrogens with two attached hydrogens (primary N) is 2. The Morgan fingerprint density at radius 3 is 2.25 bits per heavy atom. The third kappa shape index (κ3) is 2.32. The molecule has 1 atom stereocenters. The standard InChI is InChI=1S/C7H9Cl2N3/c8-6-1-4(5(11)3-10)2-7(9)12-6/h1-2,5H,3,10-11H2. The van der Waals surface area contributed by atoms with Crippen LogP contribution in [0.1, 0.15) is 11.6 Å². The van der Waals surface area contributed by atoms with Gasteiger partial charge in [0.2, 0.25) is 0 Å². The van der Waals surface area contributed by atoms with E-state index in [0.717, 1.165) is 5.56 Å². The maximum absolute atomic E-state index is 5.66. The van der Waals surface area contributed by atoms with E-state index in [1.807, 2.05) is 0 Å². The minimum Gasteiger partial charge on any atom is -0.329 e. The summed E-state index contributed by atoms with van der Waals surface area (Å²) in [6.45, 7) is 0.358. The van der Waals surface area contributed by atoms with Crippen molar-refractivity contribution in [3.63, 3.8) is 0 Å². The SMILES string of the molecule is NCC(N)c1cc(Cl)nc(Cl)c1. The van der Waals surface area contributed by atoms with E-state index >= 15 is 0 Å². The van der Waals surface area contributed by atoms with Crippen LogP contribution in [0.25, 0.3) is 0 Å². The van der Waals surface area contributed by atoms with E-state index in [1.54, 1.807) is 12.1 Å². The summed E-state index contributed by atoms with van der Waals surface area (Å²) in [7, 11) is 0. The van der Waals surface area contributed by atoms with Gasteiger partial charge >= 0.3 is 0 Å². The number of nitrogens with zero attached hydrogens (tertiary/aromatic N) is 1. The van der Waals surface area contributed by atoms with Crippen LogP contribution in [-0.4, -0.2) is 11.5 Å². The van der Waals surface area contributed by atoms with Crippen molar-refractivity contribution in [1.82, 2.24) is 4.98 Å². The molecule has 0 saturated carbocycles. The molecule has 0 aliphatic rings. The van der Waals surface area contributed by atoms with E-state index in [4.69, 9.17) is 34.7 Å². The van der Waals surface area contributed by atoms with Crippen LogP contribution in [0.5, 0.6) is 0 Å². The van der Waals surface area contributed by atoms with Crippen LogP contribution in [0, 0.1) is 0 Å². The molecule has 0 fully saturated rings. The molecule has 1 unspecified atom stereocenters. The molecule has 66 valence electrons. The second-order valence-corrected chi connectivity index (χ2v) is 3.16. The zero-order valence-electron chi connectivity index (χ0n) is 6.30. The van der Waals surface area contributed by atoms with Crippen molar-refractivity contribution in [1.29, 1.82) is 0 Å². The predicted octanol–water partition coefficient (Wildman–Crippen LogP) is 1.35. The van der Waals surface area contributed by atoms with Gasteiger partial charge in [0, 0.05) is 12.6 Å². The number of hydrogen-bond acceptors (Lipinski definition) is 3. The van der Waals surface area contributed by atoms with E-state index in [9.17, 15) is 0 Å². The Bertz CT molecular complexity index is 257. The van der Waals surface area contributed by atoms with Crippen molar-refractivity contribution >= 4 is 23.2 Å². The average molecular weight is 206 g/mol. The Kier molecular flexibility index (Phi) is 3.29. The van der Waals surface area contributed by atoms with Crippen LogP contribution in [0.2, 0.25) is 10.3 Å². The third-order valence-electron chi connectivity index (χ3n) is 1.47. The zero-order valence-corrected chi connectivity index (χ0v) is 7.81. The predicted molar refractivity (Wildman–Crippen MR) is 50.2 cm³/mol. The fourth-order valence-electron chi connectivity index (χ4n) is 0.833. The molecular weight excluding hydrogens is 197 g/mol. The van der Waals surface area contributed by atoms with Gasteiger partial charge in [-0.05, 0) is 17.7 Å². The topological polar surface area (TPSA) is 64.9 Å². The van der Waals surface area contributed by atoms with Gasteiger partial charge in [0.05, 0.1) is 0 Å². The highest BCUT2D eigenvalue weighted by atomic mass is 35.5.